The monoisotopic (exact) mass is 392 g/mol. The van der Waals surface area contributed by atoms with E-state index in [9.17, 15) is 14.4 Å². The molecule has 0 radical (unpaired) electrons. The summed E-state index contributed by atoms with van der Waals surface area (Å²) in [6.45, 7) is 0. The third kappa shape index (κ3) is 3.21. The van der Waals surface area contributed by atoms with Gasteiger partial charge < -0.3 is 5.32 Å². The summed E-state index contributed by atoms with van der Waals surface area (Å²) in [6.07, 6.45) is 10.9. The lowest BCUT2D eigenvalue weighted by Crippen LogP contribution is -2.53. The zero-order chi connectivity index (χ0) is 20.0. The Morgan fingerprint density at radius 2 is 1.59 bits per heavy atom. The first-order chi connectivity index (χ1) is 14.1. The number of nitrogens with one attached hydrogen (secondary N) is 1. The maximum absolute atomic E-state index is 13.3. The molecular weight excluding hydrogens is 364 g/mol. The van der Waals surface area contributed by atoms with Crippen LogP contribution in [0.4, 0.5) is 0 Å². The van der Waals surface area contributed by atoms with E-state index in [1.807, 2.05) is 30.3 Å². The minimum atomic E-state index is -0.760. The molecule has 2 bridgehead atoms. The molecule has 2 saturated carbocycles. The summed E-state index contributed by atoms with van der Waals surface area (Å²) >= 11 is 0. The molecule has 152 valence electrons. The number of likely N-dealkylation sites (tertiary alicyclic amines) is 1. The Bertz CT molecular complexity index is 813. The molecule has 4 aliphatic rings. The first kappa shape index (κ1) is 18.6. The maximum atomic E-state index is 13.3. The molecule has 1 aliphatic heterocycles. The zero-order valence-corrected chi connectivity index (χ0v) is 16.6. The fourth-order valence-electron chi connectivity index (χ4n) is 5.92. The van der Waals surface area contributed by atoms with Crippen molar-refractivity contribution in [2.75, 3.05) is 0 Å². The molecule has 29 heavy (non-hydrogen) atoms. The van der Waals surface area contributed by atoms with Gasteiger partial charge in [0.15, 0.2) is 0 Å². The number of amides is 3. The Morgan fingerprint density at radius 1 is 0.966 bits per heavy atom. The number of hydrogen-bond acceptors (Lipinski definition) is 3. The number of benzene rings is 1. The second kappa shape index (κ2) is 7.43. The lowest BCUT2D eigenvalue weighted by atomic mass is 9.85. The molecule has 5 atom stereocenters. The number of allylic oxidation sites excluding steroid dienone is 2. The van der Waals surface area contributed by atoms with Crippen LogP contribution < -0.4 is 5.32 Å². The normalized spacial score (nSPS) is 31.9. The van der Waals surface area contributed by atoms with Gasteiger partial charge in [0.25, 0.3) is 0 Å². The maximum Gasteiger partial charge on any atom is 0.243 e. The van der Waals surface area contributed by atoms with E-state index < -0.39 is 6.04 Å². The Morgan fingerprint density at radius 3 is 2.21 bits per heavy atom. The molecule has 1 heterocycles. The summed E-state index contributed by atoms with van der Waals surface area (Å²) in [4.78, 5) is 41.3. The molecule has 1 saturated heterocycles. The van der Waals surface area contributed by atoms with E-state index in [0.29, 0.717) is 6.42 Å². The highest BCUT2D eigenvalue weighted by atomic mass is 16.2. The van der Waals surface area contributed by atoms with Crippen LogP contribution in [0.2, 0.25) is 0 Å². The number of rotatable bonds is 5. The minimum absolute atomic E-state index is 0.142. The van der Waals surface area contributed by atoms with Gasteiger partial charge in [-0.1, -0.05) is 61.7 Å². The van der Waals surface area contributed by atoms with Crippen molar-refractivity contribution in [1.82, 2.24) is 10.2 Å². The van der Waals surface area contributed by atoms with Crippen molar-refractivity contribution in [2.24, 2.45) is 23.7 Å². The fourth-order valence-corrected chi connectivity index (χ4v) is 5.92. The number of hydrogen-bond donors (Lipinski definition) is 1. The van der Waals surface area contributed by atoms with Gasteiger partial charge >= 0.3 is 0 Å². The molecule has 5 rings (SSSR count). The molecule has 0 spiro atoms. The van der Waals surface area contributed by atoms with E-state index in [0.717, 1.165) is 37.7 Å². The second-order valence-corrected chi connectivity index (χ2v) is 9.10. The number of nitrogens with zero attached hydrogens (tertiary/aromatic N) is 1. The van der Waals surface area contributed by atoms with Crippen molar-refractivity contribution in [3.63, 3.8) is 0 Å². The van der Waals surface area contributed by atoms with Crippen molar-refractivity contribution in [1.29, 1.82) is 0 Å². The number of carbonyl (C=O) groups is 3. The average Bonchev–Trinajstić information content (AvgIpc) is 3.42. The van der Waals surface area contributed by atoms with E-state index in [1.165, 1.54) is 11.3 Å². The molecule has 5 heteroatoms. The topological polar surface area (TPSA) is 66.5 Å². The number of fused-ring (bicyclic) bond motifs is 5. The van der Waals surface area contributed by atoms with Gasteiger partial charge in [-0.3, -0.25) is 19.3 Å². The summed E-state index contributed by atoms with van der Waals surface area (Å²) in [5.41, 5.74) is 0.968. The van der Waals surface area contributed by atoms with Gasteiger partial charge in [-0.25, -0.2) is 0 Å². The third-order valence-electron chi connectivity index (χ3n) is 7.34. The summed E-state index contributed by atoms with van der Waals surface area (Å²) in [5, 5.41) is 3.16. The molecule has 1 aromatic rings. The van der Waals surface area contributed by atoms with Crippen LogP contribution in [-0.2, 0) is 20.8 Å². The van der Waals surface area contributed by atoms with Crippen LogP contribution >= 0.6 is 0 Å². The average molecular weight is 392 g/mol. The van der Waals surface area contributed by atoms with Crippen molar-refractivity contribution < 1.29 is 14.4 Å². The van der Waals surface area contributed by atoms with Crippen LogP contribution in [-0.4, -0.2) is 34.7 Å². The summed E-state index contributed by atoms with van der Waals surface area (Å²) in [7, 11) is 0. The standard InChI is InChI=1S/C24H28N2O3/c27-22(25-18-9-5-2-6-10-18)19(13-15-7-3-1-4-8-15)26-23(28)20-16-11-12-17(14-16)21(20)24(26)29/h1,3-4,7-8,11-12,16-21H,2,5-6,9-10,13-14H2,(H,25,27)/t16-,17-,19-,20+,21+/m0/s1. The summed E-state index contributed by atoms with van der Waals surface area (Å²) < 4.78 is 0. The predicted molar refractivity (Wildman–Crippen MR) is 109 cm³/mol. The van der Waals surface area contributed by atoms with Crippen molar-refractivity contribution in [3.05, 3.63) is 48.0 Å². The van der Waals surface area contributed by atoms with Gasteiger partial charge in [0.1, 0.15) is 6.04 Å². The van der Waals surface area contributed by atoms with Crippen molar-refractivity contribution >= 4 is 17.7 Å². The van der Waals surface area contributed by atoms with E-state index in [4.69, 9.17) is 0 Å². The Balaban J connectivity index is 1.41. The van der Waals surface area contributed by atoms with Crippen LogP contribution in [0.25, 0.3) is 0 Å². The zero-order valence-electron chi connectivity index (χ0n) is 16.6. The lowest BCUT2D eigenvalue weighted by molar-refractivity contribution is -0.148. The van der Waals surface area contributed by atoms with Gasteiger partial charge in [-0.2, -0.15) is 0 Å². The molecule has 0 aromatic heterocycles. The molecule has 3 aliphatic carbocycles. The first-order valence-electron chi connectivity index (χ1n) is 11.0. The van der Waals surface area contributed by atoms with Crippen molar-refractivity contribution in [3.8, 4) is 0 Å². The van der Waals surface area contributed by atoms with Crippen LogP contribution in [0.15, 0.2) is 42.5 Å². The predicted octanol–water partition coefficient (Wildman–Crippen LogP) is 2.85. The van der Waals surface area contributed by atoms with Gasteiger partial charge in [-0.15, -0.1) is 0 Å². The summed E-state index contributed by atoms with van der Waals surface area (Å²) in [6, 6.07) is 9.09. The second-order valence-electron chi connectivity index (χ2n) is 9.10. The minimum Gasteiger partial charge on any atom is -0.352 e. The molecule has 1 N–H and O–H groups in total. The van der Waals surface area contributed by atoms with E-state index in [-0.39, 0.29) is 47.4 Å². The lowest BCUT2D eigenvalue weighted by Gasteiger charge is -2.30. The highest BCUT2D eigenvalue weighted by Crippen LogP contribution is 2.53. The molecule has 5 nitrogen and oxygen atoms in total. The molecule has 1 aromatic carbocycles. The largest absolute Gasteiger partial charge is 0.352 e. The molecular formula is C24H28N2O3. The van der Waals surface area contributed by atoms with Crippen LogP contribution in [0.1, 0.15) is 44.1 Å². The smallest absolute Gasteiger partial charge is 0.243 e. The van der Waals surface area contributed by atoms with Gasteiger partial charge in [-0.05, 0) is 36.7 Å². The number of imide groups is 1. The van der Waals surface area contributed by atoms with E-state index in [1.54, 1.807) is 0 Å². The Labute approximate surface area is 171 Å². The van der Waals surface area contributed by atoms with E-state index in [2.05, 4.69) is 17.5 Å². The van der Waals surface area contributed by atoms with Crippen LogP contribution in [0.5, 0.6) is 0 Å². The molecule has 0 unspecified atom stereocenters. The molecule has 3 amide bonds. The third-order valence-corrected chi connectivity index (χ3v) is 7.34. The Hall–Kier alpha value is -2.43. The van der Waals surface area contributed by atoms with Crippen LogP contribution in [0.3, 0.4) is 0 Å². The van der Waals surface area contributed by atoms with Gasteiger partial charge in [0, 0.05) is 12.5 Å². The summed E-state index contributed by atoms with van der Waals surface area (Å²) in [5.74, 6) is -0.678. The molecule has 3 fully saturated rings. The SMILES string of the molecule is O=C(NC1CCCCC1)[C@H](Cc1ccccc1)N1C(=O)[C@H]2[C@H](C1=O)[C@H]1C=C[C@H]2C1. The first-order valence-corrected chi connectivity index (χ1v) is 11.0. The van der Waals surface area contributed by atoms with Gasteiger partial charge in [0.2, 0.25) is 17.7 Å². The Kier molecular flexibility index (Phi) is 4.76. The fraction of sp³-hybridized carbons (Fsp3) is 0.542. The quantitative estimate of drug-likeness (QED) is 0.619. The van der Waals surface area contributed by atoms with E-state index >= 15 is 0 Å². The highest BCUT2D eigenvalue weighted by molar-refractivity contribution is 6.09. The van der Waals surface area contributed by atoms with Crippen LogP contribution in [0, 0.1) is 23.7 Å². The highest BCUT2D eigenvalue weighted by Gasteiger charge is 2.61. The van der Waals surface area contributed by atoms with Crippen molar-refractivity contribution in [2.45, 2.75) is 57.0 Å². The van der Waals surface area contributed by atoms with Gasteiger partial charge in [0.05, 0.1) is 11.8 Å². The number of carbonyl (C=O) groups excluding carboxylic acids is 3.